The lowest BCUT2D eigenvalue weighted by molar-refractivity contribution is 0.474. The Bertz CT molecular complexity index is 827. The van der Waals surface area contributed by atoms with Crippen molar-refractivity contribution < 1.29 is 0 Å². The van der Waals surface area contributed by atoms with Crippen LogP contribution in [0.2, 0.25) is 24.2 Å². The standard InChI is InChI=1S/C27H34Si/c1-19-26(21-12-5-4-6-13-21)23-15-9-10-16-24(23)27(19)28(2,3)25-18-17-20-11-7-8-14-22(20)25/h4-16,19-20,22-27H,17-18H2,1-3H3. The molecule has 0 N–H and O–H groups in total. The van der Waals surface area contributed by atoms with Gasteiger partial charge in [0.05, 0.1) is 8.07 Å². The highest BCUT2D eigenvalue weighted by molar-refractivity contribution is 6.80. The van der Waals surface area contributed by atoms with Crippen molar-refractivity contribution in [2.45, 2.75) is 49.9 Å². The average Bonchev–Trinajstić information content (AvgIpc) is 3.27. The molecule has 0 radical (unpaired) electrons. The number of hydrogen-bond donors (Lipinski definition) is 0. The minimum atomic E-state index is -1.46. The maximum atomic E-state index is 2.74. The zero-order valence-corrected chi connectivity index (χ0v) is 18.5. The third-order valence-electron chi connectivity index (χ3n) is 8.76. The van der Waals surface area contributed by atoms with Gasteiger partial charge in [-0.15, -0.1) is 0 Å². The lowest BCUT2D eigenvalue weighted by Gasteiger charge is -2.44. The summed E-state index contributed by atoms with van der Waals surface area (Å²) in [5.41, 5.74) is 3.36. The highest BCUT2D eigenvalue weighted by Gasteiger charge is 2.57. The second kappa shape index (κ2) is 7.02. The van der Waals surface area contributed by atoms with Crippen LogP contribution in [0.4, 0.5) is 0 Å². The fourth-order valence-corrected chi connectivity index (χ4v) is 13.4. The summed E-state index contributed by atoms with van der Waals surface area (Å²) in [6.07, 6.45) is 22.2. The lowest BCUT2D eigenvalue weighted by atomic mass is 9.80. The molecule has 2 fully saturated rings. The van der Waals surface area contributed by atoms with Gasteiger partial charge in [-0.1, -0.05) is 105 Å². The SMILES string of the molecule is CC1C(c2ccccc2)C2C=CC=CC2C1[Si](C)(C)C1CCC2C=CC=CC21. The third kappa shape index (κ3) is 2.77. The second-order valence-electron chi connectivity index (χ2n) is 10.3. The number of rotatable bonds is 3. The molecule has 146 valence electrons. The van der Waals surface area contributed by atoms with Gasteiger partial charge in [0.15, 0.2) is 0 Å². The molecule has 0 aliphatic heterocycles. The summed E-state index contributed by atoms with van der Waals surface area (Å²) >= 11 is 0. The van der Waals surface area contributed by atoms with Crippen LogP contribution >= 0.6 is 0 Å². The van der Waals surface area contributed by atoms with Gasteiger partial charge in [0, 0.05) is 0 Å². The van der Waals surface area contributed by atoms with Crippen LogP contribution < -0.4 is 0 Å². The van der Waals surface area contributed by atoms with E-state index in [9.17, 15) is 0 Å². The Morgan fingerprint density at radius 1 is 0.750 bits per heavy atom. The predicted molar refractivity (Wildman–Crippen MR) is 123 cm³/mol. The Morgan fingerprint density at radius 2 is 1.39 bits per heavy atom. The van der Waals surface area contributed by atoms with Crippen LogP contribution in [0.1, 0.15) is 31.2 Å². The van der Waals surface area contributed by atoms with Crippen molar-refractivity contribution >= 4 is 8.07 Å². The van der Waals surface area contributed by atoms with Gasteiger partial charge >= 0.3 is 0 Å². The van der Waals surface area contributed by atoms with Crippen molar-refractivity contribution in [2.24, 2.45) is 29.6 Å². The first-order valence-electron chi connectivity index (χ1n) is 11.3. The molecular formula is C27H34Si. The monoisotopic (exact) mass is 386 g/mol. The number of allylic oxidation sites excluding steroid dienone is 8. The second-order valence-corrected chi connectivity index (χ2v) is 15.3. The van der Waals surface area contributed by atoms with Crippen molar-refractivity contribution in [3.05, 3.63) is 84.5 Å². The van der Waals surface area contributed by atoms with E-state index >= 15 is 0 Å². The van der Waals surface area contributed by atoms with Crippen LogP contribution in [0.5, 0.6) is 0 Å². The largest absolute Gasteiger partial charge is 0.0808 e. The van der Waals surface area contributed by atoms with Gasteiger partial charge in [-0.05, 0) is 58.6 Å². The fraction of sp³-hybridized carbons (Fsp3) is 0.481. The Labute approximate surface area is 172 Å². The minimum Gasteiger partial charge on any atom is -0.0808 e. The van der Waals surface area contributed by atoms with Crippen LogP contribution in [-0.2, 0) is 0 Å². The number of fused-ring (bicyclic) bond motifs is 2. The van der Waals surface area contributed by atoms with Crippen LogP contribution in [0.3, 0.4) is 0 Å². The zero-order valence-electron chi connectivity index (χ0n) is 17.5. The molecule has 0 aromatic heterocycles. The molecule has 0 amide bonds. The highest BCUT2D eigenvalue weighted by Crippen LogP contribution is 2.64. The maximum Gasteiger partial charge on any atom is 0.0550 e. The molecule has 28 heavy (non-hydrogen) atoms. The topological polar surface area (TPSA) is 0 Å². The number of hydrogen-bond acceptors (Lipinski definition) is 0. The Morgan fingerprint density at radius 3 is 2.14 bits per heavy atom. The highest BCUT2D eigenvalue weighted by atomic mass is 28.3. The summed E-state index contributed by atoms with van der Waals surface area (Å²) in [6.45, 7) is 8.06. The van der Waals surface area contributed by atoms with Crippen molar-refractivity contribution in [3.8, 4) is 0 Å². The molecule has 2 saturated carbocycles. The first kappa shape index (κ1) is 18.4. The molecule has 0 bridgehead atoms. The molecule has 5 rings (SSSR count). The molecule has 1 aromatic carbocycles. The molecule has 0 nitrogen and oxygen atoms in total. The van der Waals surface area contributed by atoms with Crippen molar-refractivity contribution in [1.29, 1.82) is 0 Å². The number of benzene rings is 1. The van der Waals surface area contributed by atoms with E-state index in [0.29, 0.717) is 11.8 Å². The zero-order chi connectivity index (χ0) is 19.3. The van der Waals surface area contributed by atoms with E-state index in [1.807, 2.05) is 0 Å². The van der Waals surface area contributed by atoms with E-state index in [0.717, 1.165) is 34.8 Å². The molecule has 0 heterocycles. The Hall–Kier alpha value is -1.60. The van der Waals surface area contributed by atoms with Crippen LogP contribution in [-0.4, -0.2) is 8.07 Å². The van der Waals surface area contributed by atoms with Crippen molar-refractivity contribution in [1.82, 2.24) is 0 Å². The van der Waals surface area contributed by atoms with Crippen molar-refractivity contribution in [2.75, 3.05) is 0 Å². The summed E-state index contributed by atoms with van der Waals surface area (Å²) in [4.78, 5) is 0. The van der Waals surface area contributed by atoms with Gasteiger partial charge in [0.25, 0.3) is 0 Å². The van der Waals surface area contributed by atoms with E-state index in [-0.39, 0.29) is 0 Å². The van der Waals surface area contributed by atoms with E-state index in [1.165, 1.54) is 12.8 Å². The van der Waals surface area contributed by atoms with Crippen LogP contribution in [0.25, 0.3) is 0 Å². The normalized spacial score (nSPS) is 41.2. The van der Waals surface area contributed by atoms with Gasteiger partial charge in [-0.25, -0.2) is 0 Å². The fourth-order valence-electron chi connectivity index (χ4n) is 7.73. The Balaban J connectivity index is 1.52. The summed E-state index contributed by atoms with van der Waals surface area (Å²) < 4.78 is 0. The van der Waals surface area contributed by atoms with E-state index in [4.69, 9.17) is 0 Å². The van der Waals surface area contributed by atoms with Gasteiger partial charge in [-0.3, -0.25) is 0 Å². The lowest BCUT2D eigenvalue weighted by Crippen LogP contribution is -2.44. The van der Waals surface area contributed by atoms with Gasteiger partial charge < -0.3 is 0 Å². The molecule has 1 aromatic rings. The average molecular weight is 387 g/mol. The molecule has 4 aliphatic rings. The smallest absolute Gasteiger partial charge is 0.0550 e. The first-order valence-corrected chi connectivity index (χ1v) is 14.5. The van der Waals surface area contributed by atoms with Gasteiger partial charge in [-0.2, -0.15) is 0 Å². The maximum absolute atomic E-state index is 2.74. The summed E-state index contributed by atoms with van der Waals surface area (Å²) in [7, 11) is -1.46. The molecule has 0 spiro atoms. The first-order chi connectivity index (χ1) is 13.6. The van der Waals surface area contributed by atoms with E-state index in [2.05, 4.69) is 99.0 Å². The van der Waals surface area contributed by atoms with Crippen LogP contribution in [0.15, 0.2) is 78.9 Å². The molecule has 0 saturated heterocycles. The van der Waals surface area contributed by atoms with Gasteiger partial charge in [0.1, 0.15) is 0 Å². The van der Waals surface area contributed by atoms with E-state index in [1.54, 1.807) is 5.56 Å². The molecule has 8 unspecified atom stereocenters. The molecular weight excluding hydrogens is 352 g/mol. The molecule has 4 aliphatic carbocycles. The van der Waals surface area contributed by atoms with E-state index < -0.39 is 8.07 Å². The molecule has 8 atom stereocenters. The van der Waals surface area contributed by atoms with Crippen LogP contribution in [0, 0.1) is 29.6 Å². The van der Waals surface area contributed by atoms with Crippen molar-refractivity contribution in [3.63, 3.8) is 0 Å². The predicted octanol–water partition coefficient (Wildman–Crippen LogP) is 7.38. The molecule has 1 heteroatoms. The summed E-state index contributed by atoms with van der Waals surface area (Å²) in [5, 5.41) is 0. The summed E-state index contributed by atoms with van der Waals surface area (Å²) in [6, 6.07) is 11.4. The minimum absolute atomic E-state index is 0.670. The van der Waals surface area contributed by atoms with Gasteiger partial charge in [0.2, 0.25) is 0 Å². The summed E-state index contributed by atoms with van der Waals surface area (Å²) in [5.74, 6) is 4.45. The third-order valence-corrected chi connectivity index (χ3v) is 14.0. The Kier molecular flexibility index (Phi) is 4.62. The quantitative estimate of drug-likeness (QED) is 0.475.